The van der Waals surface area contributed by atoms with Gasteiger partial charge in [0.1, 0.15) is 5.76 Å². The SMILES string of the molecule is CCNC(=NCc1ccc(CN2CC(C)OC(C)C2)cc1)NCCc1ccco1. The Morgan fingerprint density at radius 3 is 2.45 bits per heavy atom. The molecule has 158 valence electrons. The highest BCUT2D eigenvalue weighted by molar-refractivity contribution is 5.79. The predicted octanol–water partition coefficient (Wildman–Crippen LogP) is 3.19. The second-order valence-electron chi connectivity index (χ2n) is 7.72. The number of ether oxygens (including phenoxy) is 1. The van der Waals surface area contributed by atoms with Gasteiger partial charge in [-0.1, -0.05) is 24.3 Å². The molecule has 0 saturated carbocycles. The van der Waals surface area contributed by atoms with Gasteiger partial charge in [0.25, 0.3) is 0 Å². The van der Waals surface area contributed by atoms with Crippen molar-refractivity contribution in [2.75, 3.05) is 26.2 Å². The van der Waals surface area contributed by atoms with Crippen LogP contribution in [0.25, 0.3) is 0 Å². The number of aliphatic imine (C=N–C) groups is 1. The second kappa shape index (κ2) is 11.0. The van der Waals surface area contributed by atoms with Crippen LogP contribution in [0.4, 0.5) is 0 Å². The molecule has 3 rings (SSSR count). The zero-order chi connectivity index (χ0) is 20.5. The minimum absolute atomic E-state index is 0.303. The summed E-state index contributed by atoms with van der Waals surface area (Å²) in [5.74, 6) is 1.81. The molecule has 0 aliphatic carbocycles. The highest BCUT2D eigenvalue weighted by Crippen LogP contribution is 2.15. The summed E-state index contributed by atoms with van der Waals surface area (Å²) in [6, 6.07) is 12.7. The molecule has 2 N–H and O–H groups in total. The van der Waals surface area contributed by atoms with Gasteiger partial charge in [-0.3, -0.25) is 4.90 Å². The molecule has 1 saturated heterocycles. The highest BCUT2D eigenvalue weighted by Gasteiger charge is 2.21. The molecule has 2 heterocycles. The fourth-order valence-corrected chi connectivity index (χ4v) is 3.69. The number of morpholine rings is 1. The first-order chi connectivity index (χ1) is 14.1. The number of nitrogens with zero attached hydrogens (tertiary/aromatic N) is 2. The topological polar surface area (TPSA) is 62.0 Å². The van der Waals surface area contributed by atoms with Crippen molar-refractivity contribution in [1.82, 2.24) is 15.5 Å². The zero-order valence-corrected chi connectivity index (χ0v) is 17.9. The number of rotatable bonds is 8. The Morgan fingerprint density at radius 2 is 1.79 bits per heavy atom. The maximum atomic E-state index is 5.82. The van der Waals surface area contributed by atoms with Gasteiger partial charge in [-0.15, -0.1) is 0 Å². The largest absolute Gasteiger partial charge is 0.469 e. The van der Waals surface area contributed by atoms with E-state index in [1.165, 1.54) is 11.1 Å². The smallest absolute Gasteiger partial charge is 0.191 e. The van der Waals surface area contributed by atoms with Gasteiger partial charge >= 0.3 is 0 Å². The third-order valence-corrected chi connectivity index (χ3v) is 4.93. The van der Waals surface area contributed by atoms with Gasteiger partial charge in [0.05, 0.1) is 25.0 Å². The summed E-state index contributed by atoms with van der Waals surface area (Å²) in [5, 5.41) is 6.66. The van der Waals surface area contributed by atoms with Crippen LogP contribution in [0.15, 0.2) is 52.1 Å². The van der Waals surface area contributed by atoms with E-state index in [-0.39, 0.29) is 0 Å². The molecule has 0 amide bonds. The van der Waals surface area contributed by atoms with Gasteiger partial charge in [-0.2, -0.15) is 0 Å². The van der Waals surface area contributed by atoms with E-state index in [0.717, 1.165) is 50.9 Å². The molecule has 29 heavy (non-hydrogen) atoms. The van der Waals surface area contributed by atoms with Crippen molar-refractivity contribution in [2.24, 2.45) is 4.99 Å². The fraction of sp³-hybridized carbons (Fsp3) is 0.522. The minimum atomic E-state index is 0.303. The molecule has 0 bridgehead atoms. The first-order valence-corrected chi connectivity index (χ1v) is 10.6. The quantitative estimate of drug-likeness (QED) is 0.528. The Morgan fingerprint density at radius 1 is 1.07 bits per heavy atom. The average molecular weight is 399 g/mol. The molecule has 1 aliphatic heterocycles. The van der Waals surface area contributed by atoms with E-state index in [1.807, 2.05) is 12.1 Å². The minimum Gasteiger partial charge on any atom is -0.469 e. The molecule has 1 fully saturated rings. The Bertz CT molecular complexity index is 733. The molecular weight excluding hydrogens is 364 g/mol. The van der Waals surface area contributed by atoms with Gasteiger partial charge in [-0.05, 0) is 44.0 Å². The molecule has 1 aliphatic rings. The summed E-state index contributed by atoms with van der Waals surface area (Å²) in [6.45, 7) is 11.6. The standard InChI is InChI=1S/C23H34N4O2/c1-4-24-23(25-12-11-22-6-5-13-28-22)26-14-20-7-9-21(10-8-20)17-27-15-18(2)29-19(3)16-27/h5-10,13,18-19H,4,11-12,14-17H2,1-3H3,(H2,24,25,26). The second-order valence-corrected chi connectivity index (χ2v) is 7.72. The van der Waals surface area contributed by atoms with Crippen LogP contribution in [-0.2, 0) is 24.2 Å². The van der Waals surface area contributed by atoms with E-state index in [0.29, 0.717) is 18.8 Å². The normalized spacial score (nSPS) is 20.6. The van der Waals surface area contributed by atoms with Crippen LogP contribution in [0.3, 0.4) is 0 Å². The van der Waals surface area contributed by atoms with E-state index >= 15 is 0 Å². The molecule has 1 aromatic heterocycles. The van der Waals surface area contributed by atoms with Gasteiger partial charge in [0, 0.05) is 39.1 Å². The molecular formula is C23H34N4O2. The number of hydrogen-bond donors (Lipinski definition) is 2. The third-order valence-electron chi connectivity index (χ3n) is 4.93. The average Bonchev–Trinajstić information content (AvgIpc) is 3.20. The van der Waals surface area contributed by atoms with E-state index in [1.54, 1.807) is 6.26 Å². The Balaban J connectivity index is 1.48. The van der Waals surface area contributed by atoms with Crippen molar-refractivity contribution in [3.63, 3.8) is 0 Å². The van der Waals surface area contributed by atoms with E-state index in [9.17, 15) is 0 Å². The van der Waals surface area contributed by atoms with Gasteiger partial charge in [0.15, 0.2) is 5.96 Å². The molecule has 2 unspecified atom stereocenters. The van der Waals surface area contributed by atoms with Crippen LogP contribution < -0.4 is 10.6 Å². The first-order valence-electron chi connectivity index (χ1n) is 10.6. The summed E-state index contributed by atoms with van der Waals surface area (Å²) in [4.78, 5) is 7.18. The van der Waals surface area contributed by atoms with Crippen molar-refractivity contribution in [1.29, 1.82) is 0 Å². The third kappa shape index (κ3) is 7.22. The summed E-state index contributed by atoms with van der Waals surface area (Å²) < 4.78 is 11.2. The lowest BCUT2D eigenvalue weighted by atomic mass is 10.1. The van der Waals surface area contributed by atoms with Crippen molar-refractivity contribution >= 4 is 5.96 Å². The number of hydrogen-bond acceptors (Lipinski definition) is 4. The van der Waals surface area contributed by atoms with Crippen LogP contribution in [0.1, 0.15) is 37.7 Å². The molecule has 2 aromatic rings. The van der Waals surface area contributed by atoms with Gasteiger partial charge < -0.3 is 19.8 Å². The fourth-order valence-electron chi connectivity index (χ4n) is 3.69. The zero-order valence-electron chi connectivity index (χ0n) is 17.9. The highest BCUT2D eigenvalue weighted by atomic mass is 16.5. The van der Waals surface area contributed by atoms with Crippen LogP contribution in [0, 0.1) is 0 Å². The van der Waals surface area contributed by atoms with Gasteiger partial charge in [-0.25, -0.2) is 4.99 Å². The molecule has 0 spiro atoms. The Kier molecular flexibility index (Phi) is 8.14. The number of nitrogens with one attached hydrogen (secondary N) is 2. The maximum absolute atomic E-state index is 5.82. The molecule has 6 heteroatoms. The number of furan rings is 1. The Hall–Kier alpha value is -2.31. The van der Waals surface area contributed by atoms with Crippen LogP contribution in [0.5, 0.6) is 0 Å². The van der Waals surface area contributed by atoms with Crippen LogP contribution in [0.2, 0.25) is 0 Å². The maximum Gasteiger partial charge on any atom is 0.191 e. The van der Waals surface area contributed by atoms with Crippen molar-refractivity contribution in [3.05, 3.63) is 59.5 Å². The van der Waals surface area contributed by atoms with E-state index < -0.39 is 0 Å². The summed E-state index contributed by atoms with van der Waals surface area (Å²) in [7, 11) is 0. The van der Waals surface area contributed by atoms with Crippen LogP contribution in [-0.4, -0.2) is 49.2 Å². The summed E-state index contributed by atoms with van der Waals surface area (Å²) in [5.41, 5.74) is 2.54. The lowest BCUT2D eigenvalue weighted by Gasteiger charge is -2.35. The molecule has 1 aromatic carbocycles. The summed E-state index contributed by atoms with van der Waals surface area (Å²) >= 11 is 0. The molecule has 6 nitrogen and oxygen atoms in total. The van der Waals surface area contributed by atoms with Crippen molar-refractivity contribution in [3.8, 4) is 0 Å². The van der Waals surface area contributed by atoms with Crippen molar-refractivity contribution < 1.29 is 9.15 Å². The number of guanidine groups is 1. The van der Waals surface area contributed by atoms with E-state index in [2.05, 4.69) is 60.6 Å². The van der Waals surface area contributed by atoms with E-state index in [4.69, 9.17) is 14.1 Å². The molecule has 2 atom stereocenters. The summed E-state index contributed by atoms with van der Waals surface area (Å²) in [6.07, 6.45) is 3.15. The first kappa shape index (κ1) is 21.4. The lowest BCUT2D eigenvalue weighted by molar-refractivity contribution is -0.0704. The predicted molar refractivity (Wildman–Crippen MR) is 117 cm³/mol. The van der Waals surface area contributed by atoms with Crippen molar-refractivity contribution in [2.45, 2.75) is 52.5 Å². The number of benzene rings is 1. The van der Waals surface area contributed by atoms with Gasteiger partial charge in [0.2, 0.25) is 0 Å². The lowest BCUT2D eigenvalue weighted by Crippen LogP contribution is -2.44. The Labute approximate surface area is 174 Å². The monoisotopic (exact) mass is 398 g/mol. The van der Waals surface area contributed by atoms with Crippen LogP contribution >= 0.6 is 0 Å². The molecule has 0 radical (unpaired) electrons.